The molecule has 24 heavy (non-hydrogen) atoms. The van der Waals surface area contributed by atoms with Crippen LogP contribution in [0.15, 0.2) is 18.5 Å². The van der Waals surface area contributed by atoms with Crippen molar-refractivity contribution in [1.29, 1.82) is 0 Å². The molecule has 2 aromatic heterocycles. The Bertz CT molecular complexity index is 818. The van der Waals surface area contributed by atoms with Gasteiger partial charge in [-0.1, -0.05) is 20.8 Å². The van der Waals surface area contributed by atoms with Crippen LogP contribution in [0, 0.1) is 5.41 Å². The molecule has 0 spiro atoms. The Morgan fingerprint density at radius 2 is 2.12 bits per heavy atom. The summed E-state index contributed by atoms with van der Waals surface area (Å²) in [7, 11) is 0. The van der Waals surface area contributed by atoms with E-state index in [0.29, 0.717) is 24.2 Å². The number of aromatic nitrogens is 2. The molecule has 0 aromatic carbocycles. The van der Waals surface area contributed by atoms with Gasteiger partial charge in [0.2, 0.25) is 5.91 Å². The highest BCUT2D eigenvalue weighted by Crippen LogP contribution is 2.32. The smallest absolute Gasteiger partial charge is 0.252 e. The number of rotatable bonds is 4. The minimum Gasteiger partial charge on any atom is -0.380 e. The van der Waals surface area contributed by atoms with E-state index >= 15 is 0 Å². The zero-order chi connectivity index (χ0) is 17.6. The molecule has 1 aliphatic rings. The summed E-state index contributed by atoms with van der Waals surface area (Å²) in [6, 6.07) is 1.97. The fourth-order valence-electron chi connectivity index (χ4n) is 2.55. The van der Waals surface area contributed by atoms with E-state index in [2.05, 4.69) is 38.1 Å². The molecule has 0 aliphatic carbocycles. The van der Waals surface area contributed by atoms with Gasteiger partial charge in [-0.05, 0) is 18.4 Å². The van der Waals surface area contributed by atoms with Crippen molar-refractivity contribution in [2.75, 3.05) is 16.8 Å². The molecule has 2 aromatic rings. The fraction of sp³-hybridized carbons (Fsp3) is 0.471. The minimum atomic E-state index is -0.531. The van der Waals surface area contributed by atoms with E-state index < -0.39 is 5.91 Å². The maximum absolute atomic E-state index is 11.8. The number of anilines is 2. The van der Waals surface area contributed by atoms with Gasteiger partial charge in [-0.3, -0.25) is 9.59 Å². The van der Waals surface area contributed by atoms with Crippen molar-refractivity contribution in [2.45, 2.75) is 40.2 Å². The first-order valence-corrected chi connectivity index (χ1v) is 8.06. The third-order valence-corrected chi connectivity index (χ3v) is 4.71. The van der Waals surface area contributed by atoms with E-state index in [1.807, 2.05) is 6.07 Å². The molecule has 1 atom stereocenters. The van der Waals surface area contributed by atoms with Gasteiger partial charge in [0.25, 0.3) is 5.91 Å². The van der Waals surface area contributed by atoms with Crippen LogP contribution in [0.1, 0.15) is 44.5 Å². The van der Waals surface area contributed by atoms with E-state index in [-0.39, 0.29) is 17.4 Å². The molecule has 0 radical (unpaired) electrons. The molecule has 7 nitrogen and oxygen atoms in total. The van der Waals surface area contributed by atoms with E-state index in [1.165, 1.54) is 6.20 Å². The number of fused-ring (bicyclic) bond motifs is 1. The van der Waals surface area contributed by atoms with Crippen molar-refractivity contribution in [3.63, 3.8) is 0 Å². The number of nitrogens with one attached hydrogen (secondary N) is 1. The van der Waals surface area contributed by atoms with Crippen molar-refractivity contribution < 1.29 is 9.59 Å². The molecule has 7 heteroatoms. The summed E-state index contributed by atoms with van der Waals surface area (Å²) in [5.74, 6) is -0.435. The number of amides is 2. The van der Waals surface area contributed by atoms with E-state index in [9.17, 15) is 9.59 Å². The molecule has 1 fully saturated rings. The number of hydrogen-bond acceptors (Lipinski definition) is 4. The van der Waals surface area contributed by atoms with Crippen molar-refractivity contribution in [3.05, 3.63) is 24.0 Å². The SMILES string of the molecule is C[C@@H](Nc1c(C(N)=O)cnn2cc(N3CCC3=O)cc12)C(C)(C)C. The molecule has 2 amide bonds. The number of β-lactam (4-membered cyclic amide) rings is 1. The van der Waals surface area contributed by atoms with Crippen molar-refractivity contribution in [3.8, 4) is 0 Å². The second-order valence-corrected chi connectivity index (χ2v) is 7.35. The first-order valence-electron chi connectivity index (χ1n) is 8.06. The normalized spacial score (nSPS) is 16.2. The lowest BCUT2D eigenvalue weighted by molar-refractivity contribution is -0.122. The van der Waals surface area contributed by atoms with Crippen LogP contribution in [0.3, 0.4) is 0 Å². The average molecular weight is 329 g/mol. The first kappa shape index (κ1) is 16.3. The van der Waals surface area contributed by atoms with Gasteiger partial charge in [0, 0.05) is 19.0 Å². The Kier molecular flexibility index (Phi) is 3.74. The number of hydrogen-bond donors (Lipinski definition) is 2. The largest absolute Gasteiger partial charge is 0.380 e. The summed E-state index contributed by atoms with van der Waals surface area (Å²) in [6.45, 7) is 9.13. The molecule has 1 aliphatic heterocycles. The Morgan fingerprint density at radius 3 is 2.62 bits per heavy atom. The minimum absolute atomic E-state index is 0.00195. The van der Waals surface area contributed by atoms with Crippen molar-refractivity contribution in [1.82, 2.24) is 9.61 Å². The standard InChI is InChI=1S/C17H23N5O2/c1-10(17(2,3)4)20-15-12(16(18)24)8-19-22-9-11(7-13(15)22)21-6-5-14(21)23/h7-10,20H,5-6H2,1-4H3,(H2,18,24)/t10-/m1/s1. The van der Waals surface area contributed by atoms with E-state index in [1.54, 1.807) is 15.6 Å². The van der Waals surface area contributed by atoms with Crippen LogP contribution < -0.4 is 16.0 Å². The predicted octanol–water partition coefficient (Wildman–Crippen LogP) is 2.02. The summed E-state index contributed by atoms with van der Waals surface area (Å²) < 4.78 is 1.67. The lowest BCUT2D eigenvalue weighted by Gasteiger charge is -2.30. The van der Waals surface area contributed by atoms with Gasteiger partial charge in [0.1, 0.15) is 0 Å². The van der Waals surface area contributed by atoms with Crippen LogP contribution in [-0.2, 0) is 4.79 Å². The molecule has 0 bridgehead atoms. The quantitative estimate of drug-likeness (QED) is 0.839. The number of carbonyl (C=O) groups excluding carboxylic acids is 2. The lowest BCUT2D eigenvalue weighted by Crippen LogP contribution is -2.43. The predicted molar refractivity (Wildman–Crippen MR) is 93.2 cm³/mol. The van der Waals surface area contributed by atoms with Crippen LogP contribution in [0.2, 0.25) is 0 Å². The lowest BCUT2D eigenvalue weighted by atomic mass is 9.88. The maximum Gasteiger partial charge on any atom is 0.252 e. The molecular formula is C17H23N5O2. The Balaban J connectivity index is 2.10. The highest BCUT2D eigenvalue weighted by atomic mass is 16.2. The highest BCUT2D eigenvalue weighted by molar-refractivity contribution is 6.04. The van der Waals surface area contributed by atoms with Crippen LogP contribution in [0.4, 0.5) is 11.4 Å². The average Bonchev–Trinajstić information content (AvgIpc) is 2.88. The second-order valence-electron chi connectivity index (χ2n) is 7.35. The second kappa shape index (κ2) is 5.51. The topological polar surface area (TPSA) is 92.7 Å². The molecule has 0 saturated carbocycles. The van der Waals surface area contributed by atoms with Crippen LogP contribution in [0.5, 0.6) is 0 Å². The summed E-state index contributed by atoms with van der Waals surface area (Å²) in [5, 5.41) is 7.67. The number of nitrogens with two attached hydrogens (primary N) is 1. The summed E-state index contributed by atoms with van der Waals surface area (Å²) in [5.41, 5.74) is 8.04. The third-order valence-electron chi connectivity index (χ3n) is 4.71. The summed E-state index contributed by atoms with van der Waals surface area (Å²) in [4.78, 5) is 25.2. The zero-order valence-corrected chi connectivity index (χ0v) is 14.5. The van der Waals surface area contributed by atoms with Crippen molar-refractivity contribution in [2.24, 2.45) is 11.1 Å². The number of carbonyl (C=O) groups is 2. The fourth-order valence-corrected chi connectivity index (χ4v) is 2.55. The Morgan fingerprint density at radius 1 is 1.42 bits per heavy atom. The molecule has 3 rings (SSSR count). The molecular weight excluding hydrogens is 306 g/mol. The monoisotopic (exact) mass is 329 g/mol. The molecule has 0 unspecified atom stereocenters. The van der Waals surface area contributed by atoms with Crippen LogP contribution >= 0.6 is 0 Å². The van der Waals surface area contributed by atoms with Crippen molar-refractivity contribution >= 4 is 28.7 Å². The van der Waals surface area contributed by atoms with E-state index in [4.69, 9.17) is 5.73 Å². The van der Waals surface area contributed by atoms with E-state index in [0.717, 1.165) is 11.2 Å². The first-order chi connectivity index (χ1) is 11.2. The van der Waals surface area contributed by atoms with Gasteiger partial charge in [-0.15, -0.1) is 0 Å². The van der Waals surface area contributed by atoms with Crippen LogP contribution in [-0.4, -0.2) is 34.0 Å². The van der Waals surface area contributed by atoms with Gasteiger partial charge in [0.05, 0.1) is 34.8 Å². The van der Waals surface area contributed by atoms with Gasteiger partial charge in [0.15, 0.2) is 0 Å². The van der Waals surface area contributed by atoms with Gasteiger partial charge < -0.3 is 16.0 Å². The summed E-state index contributed by atoms with van der Waals surface area (Å²) >= 11 is 0. The Hall–Kier alpha value is -2.57. The molecule has 128 valence electrons. The molecule has 3 N–H and O–H groups in total. The molecule has 1 saturated heterocycles. The van der Waals surface area contributed by atoms with Gasteiger partial charge >= 0.3 is 0 Å². The third kappa shape index (κ3) is 2.70. The zero-order valence-electron chi connectivity index (χ0n) is 14.5. The van der Waals surface area contributed by atoms with Gasteiger partial charge in [-0.2, -0.15) is 5.10 Å². The number of nitrogens with zero attached hydrogens (tertiary/aromatic N) is 3. The van der Waals surface area contributed by atoms with Crippen LogP contribution in [0.25, 0.3) is 5.52 Å². The Labute approximate surface area is 140 Å². The van der Waals surface area contributed by atoms with Gasteiger partial charge in [-0.25, -0.2) is 4.52 Å². The maximum atomic E-state index is 11.8. The highest BCUT2D eigenvalue weighted by Gasteiger charge is 2.28. The number of primary amides is 1. The summed E-state index contributed by atoms with van der Waals surface area (Å²) in [6.07, 6.45) is 3.83. The molecule has 3 heterocycles.